The number of anilines is 1. The number of nitrogens with one attached hydrogen (secondary N) is 1. The van der Waals surface area contributed by atoms with E-state index in [2.05, 4.69) is 15.5 Å². The van der Waals surface area contributed by atoms with Gasteiger partial charge < -0.3 is 5.32 Å². The van der Waals surface area contributed by atoms with E-state index < -0.39 is 29.6 Å². The minimum Gasteiger partial charge on any atom is -0.321 e. The lowest BCUT2D eigenvalue weighted by Gasteiger charge is -2.16. The highest BCUT2D eigenvalue weighted by Crippen LogP contribution is 2.43. The summed E-state index contributed by atoms with van der Waals surface area (Å²) in [5.41, 5.74) is 1.69. The molecule has 0 spiro atoms. The molecule has 33 heavy (non-hydrogen) atoms. The molecule has 4 rings (SSSR count). The lowest BCUT2D eigenvalue weighted by atomic mass is 10.2. The summed E-state index contributed by atoms with van der Waals surface area (Å²) in [6.45, 7) is 5.24. The molecule has 0 saturated heterocycles. The van der Waals surface area contributed by atoms with E-state index >= 15 is 0 Å². The van der Waals surface area contributed by atoms with E-state index in [0.717, 1.165) is 18.9 Å². The van der Waals surface area contributed by atoms with E-state index in [9.17, 15) is 22.4 Å². The summed E-state index contributed by atoms with van der Waals surface area (Å²) in [4.78, 5) is 13.0. The van der Waals surface area contributed by atoms with Crippen LogP contribution in [0, 0.1) is 19.7 Å². The molecule has 1 saturated carbocycles. The molecule has 0 bridgehead atoms. The third kappa shape index (κ3) is 4.75. The number of carbonyl (C=O) groups is 1. The highest BCUT2D eigenvalue weighted by Gasteiger charge is 2.39. The van der Waals surface area contributed by atoms with Crippen LogP contribution in [0.3, 0.4) is 0 Å². The first kappa shape index (κ1) is 23.3. The summed E-state index contributed by atoms with van der Waals surface area (Å²) in [6.07, 6.45) is -3.04. The Kier molecular flexibility index (Phi) is 5.98. The second-order valence-electron chi connectivity index (χ2n) is 8.28. The highest BCUT2D eigenvalue weighted by atomic mass is 35.5. The molecule has 2 aromatic heterocycles. The molecule has 1 aromatic carbocycles. The molecule has 0 radical (unpaired) electrons. The third-order valence-corrected chi connectivity index (χ3v) is 6.11. The molecule has 1 fully saturated rings. The first-order valence-corrected chi connectivity index (χ1v) is 10.8. The average molecular weight is 484 g/mol. The van der Waals surface area contributed by atoms with Crippen molar-refractivity contribution in [2.75, 3.05) is 5.32 Å². The van der Waals surface area contributed by atoms with Gasteiger partial charge >= 0.3 is 6.18 Å². The van der Waals surface area contributed by atoms with Crippen LogP contribution in [-0.2, 0) is 17.5 Å². The fraction of sp³-hybridized carbons (Fsp3) is 0.409. The van der Waals surface area contributed by atoms with Crippen molar-refractivity contribution in [1.82, 2.24) is 19.6 Å². The van der Waals surface area contributed by atoms with Gasteiger partial charge in [-0.05, 0) is 57.4 Å². The van der Waals surface area contributed by atoms with Gasteiger partial charge in [0.25, 0.3) is 0 Å². The predicted molar refractivity (Wildman–Crippen MR) is 115 cm³/mol. The topological polar surface area (TPSA) is 64.7 Å². The SMILES string of the molecule is Cc1nn(Cc2ccc(F)cc2Cl)c(C)c1NC(=O)C(C)n1nc(C(F)(F)F)cc1C1CC1. The Morgan fingerprint density at radius 2 is 1.94 bits per heavy atom. The van der Waals surface area contributed by atoms with Crippen molar-refractivity contribution >= 4 is 23.2 Å². The Morgan fingerprint density at radius 1 is 1.24 bits per heavy atom. The molecule has 1 amide bonds. The standard InChI is InChI=1S/C22H22ClF4N5O/c1-11-20(12(2)31(29-11)10-15-6-7-16(24)8-17(15)23)28-21(33)13(3)32-18(14-4-5-14)9-19(30-32)22(25,26)27/h6-9,13-14H,4-5,10H2,1-3H3,(H,28,33). The van der Waals surface area contributed by atoms with Crippen LogP contribution in [0.5, 0.6) is 0 Å². The van der Waals surface area contributed by atoms with E-state index in [1.807, 2.05) is 0 Å². The molecular formula is C22H22ClF4N5O. The number of benzene rings is 1. The average Bonchev–Trinajstić information content (AvgIpc) is 3.42. The van der Waals surface area contributed by atoms with Gasteiger partial charge in [0.1, 0.15) is 11.9 Å². The largest absolute Gasteiger partial charge is 0.435 e. The molecule has 1 aliphatic rings. The lowest BCUT2D eigenvalue weighted by molar-refractivity contribution is -0.141. The van der Waals surface area contributed by atoms with E-state index in [1.54, 1.807) is 24.6 Å². The van der Waals surface area contributed by atoms with Crippen molar-refractivity contribution in [3.8, 4) is 0 Å². The van der Waals surface area contributed by atoms with Crippen LogP contribution in [0.15, 0.2) is 24.3 Å². The number of alkyl halides is 3. The van der Waals surface area contributed by atoms with Gasteiger partial charge in [0.2, 0.25) is 5.91 Å². The monoisotopic (exact) mass is 483 g/mol. The van der Waals surface area contributed by atoms with Crippen LogP contribution in [-0.4, -0.2) is 25.5 Å². The predicted octanol–water partition coefficient (Wildman–Crippen LogP) is 5.63. The van der Waals surface area contributed by atoms with Gasteiger partial charge in [-0.2, -0.15) is 23.4 Å². The lowest BCUT2D eigenvalue weighted by Crippen LogP contribution is -2.26. The molecule has 2 heterocycles. The minimum atomic E-state index is -4.58. The van der Waals surface area contributed by atoms with Crippen LogP contribution in [0.2, 0.25) is 5.02 Å². The van der Waals surface area contributed by atoms with Crippen LogP contribution in [0.1, 0.15) is 60.1 Å². The van der Waals surface area contributed by atoms with Gasteiger partial charge in [-0.3, -0.25) is 14.2 Å². The van der Waals surface area contributed by atoms with E-state index in [-0.39, 0.29) is 17.5 Å². The van der Waals surface area contributed by atoms with Crippen molar-refractivity contribution in [2.45, 2.75) is 58.3 Å². The van der Waals surface area contributed by atoms with E-state index in [1.165, 1.54) is 23.7 Å². The molecule has 176 valence electrons. The zero-order valence-electron chi connectivity index (χ0n) is 18.2. The van der Waals surface area contributed by atoms with Crippen LogP contribution in [0.4, 0.5) is 23.2 Å². The summed E-state index contributed by atoms with van der Waals surface area (Å²) >= 11 is 6.11. The first-order chi connectivity index (χ1) is 15.5. The van der Waals surface area contributed by atoms with Gasteiger partial charge in [-0.1, -0.05) is 17.7 Å². The van der Waals surface area contributed by atoms with Crippen molar-refractivity contribution < 1.29 is 22.4 Å². The Labute approximate surface area is 192 Å². The van der Waals surface area contributed by atoms with Crippen molar-refractivity contribution in [3.05, 3.63) is 63.4 Å². The smallest absolute Gasteiger partial charge is 0.321 e. The molecule has 3 aromatic rings. The number of amides is 1. The number of hydrogen-bond acceptors (Lipinski definition) is 3. The second-order valence-corrected chi connectivity index (χ2v) is 8.68. The Balaban J connectivity index is 1.56. The molecular weight excluding hydrogens is 462 g/mol. The van der Waals surface area contributed by atoms with Crippen molar-refractivity contribution in [3.63, 3.8) is 0 Å². The number of aromatic nitrogens is 4. The molecule has 11 heteroatoms. The summed E-state index contributed by atoms with van der Waals surface area (Å²) < 4.78 is 55.7. The second kappa shape index (κ2) is 8.48. The maximum Gasteiger partial charge on any atom is 0.435 e. The fourth-order valence-electron chi connectivity index (χ4n) is 3.72. The van der Waals surface area contributed by atoms with Crippen LogP contribution in [0.25, 0.3) is 0 Å². The molecule has 1 unspecified atom stereocenters. The zero-order valence-corrected chi connectivity index (χ0v) is 18.9. The molecule has 1 N–H and O–H groups in total. The number of halogens is 5. The van der Waals surface area contributed by atoms with Gasteiger partial charge in [-0.25, -0.2) is 4.39 Å². The summed E-state index contributed by atoms with van der Waals surface area (Å²) in [5.74, 6) is -0.966. The van der Waals surface area contributed by atoms with Crippen molar-refractivity contribution in [1.29, 1.82) is 0 Å². The van der Waals surface area contributed by atoms with Crippen LogP contribution >= 0.6 is 11.6 Å². The van der Waals surface area contributed by atoms with Gasteiger partial charge in [0, 0.05) is 16.6 Å². The quantitative estimate of drug-likeness (QED) is 0.462. The summed E-state index contributed by atoms with van der Waals surface area (Å²) in [7, 11) is 0. The molecule has 1 aliphatic carbocycles. The maximum atomic E-state index is 13.3. The van der Waals surface area contributed by atoms with Crippen molar-refractivity contribution in [2.24, 2.45) is 0 Å². The van der Waals surface area contributed by atoms with E-state index in [0.29, 0.717) is 28.3 Å². The Hall–Kier alpha value is -2.88. The van der Waals surface area contributed by atoms with Crippen LogP contribution < -0.4 is 5.32 Å². The number of rotatable bonds is 6. The number of carbonyl (C=O) groups excluding carboxylic acids is 1. The molecule has 6 nitrogen and oxygen atoms in total. The Bertz CT molecular complexity index is 1210. The zero-order chi connectivity index (χ0) is 24.1. The molecule has 0 aliphatic heterocycles. The van der Waals surface area contributed by atoms with E-state index in [4.69, 9.17) is 11.6 Å². The first-order valence-electron chi connectivity index (χ1n) is 10.4. The number of aryl methyl sites for hydroxylation is 1. The summed E-state index contributed by atoms with van der Waals surface area (Å²) in [5, 5.41) is 11.2. The van der Waals surface area contributed by atoms with Gasteiger partial charge in [-0.15, -0.1) is 0 Å². The van der Waals surface area contributed by atoms with Gasteiger partial charge in [0.15, 0.2) is 5.69 Å². The number of nitrogens with zero attached hydrogens (tertiary/aromatic N) is 4. The number of hydrogen-bond donors (Lipinski definition) is 1. The highest BCUT2D eigenvalue weighted by molar-refractivity contribution is 6.31. The molecule has 1 atom stereocenters. The minimum absolute atomic E-state index is 0.0180. The third-order valence-electron chi connectivity index (χ3n) is 5.76. The Morgan fingerprint density at radius 3 is 2.55 bits per heavy atom. The normalized spacial score (nSPS) is 15.0. The van der Waals surface area contributed by atoms with Gasteiger partial charge in [0.05, 0.1) is 23.6 Å². The fourth-order valence-corrected chi connectivity index (χ4v) is 3.95. The summed E-state index contributed by atoms with van der Waals surface area (Å²) in [6, 6.07) is 4.15. The maximum absolute atomic E-state index is 13.3.